The number of nitrogen functional groups attached to an aromatic ring is 1. The number of hydrogen-bond acceptors (Lipinski definition) is 3. The van der Waals surface area contributed by atoms with Gasteiger partial charge in [-0.2, -0.15) is 0 Å². The molecular formula is C12H9Br2FN2O. The first-order chi connectivity index (χ1) is 8.49. The van der Waals surface area contributed by atoms with Crippen molar-refractivity contribution in [1.29, 1.82) is 0 Å². The summed E-state index contributed by atoms with van der Waals surface area (Å²) in [6.45, 7) is 1.85. The average Bonchev–Trinajstić information content (AvgIpc) is 2.33. The number of rotatable bonds is 2. The monoisotopic (exact) mass is 374 g/mol. The lowest BCUT2D eigenvalue weighted by Crippen LogP contribution is -1.96. The number of halogens is 3. The Bertz CT molecular complexity index is 605. The topological polar surface area (TPSA) is 48.1 Å². The highest BCUT2D eigenvalue weighted by Gasteiger charge is 2.11. The maximum absolute atomic E-state index is 13.0. The SMILES string of the molecule is Cc1c(N)cnc(Oc2ccc(F)cc2Br)c1Br. The summed E-state index contributed by atoms with van der Waals surface area (Å²) >= 11 is 6.60. The minimum Gasteiger partial charge on any atom is -0.437 e. The van der Waals surface area contributed by atoms with Gasteiger partial charge in [0.15, 0.2) is 0 Å². The van der Waals surface area contributed by atoms with E-state index in [9.17, 15) is 4.39 Å². The Morgan fingerprint density at radius 3 is 2.72 bits per heavy atom. The fraction of sp³-hybridized carbons (Fsp3) is 0.0833. The Balaban J connectivity index is 2.37. The van der Waals surface area contributed by atoms with E-state index in [4.69, 9.17) is 10.5 Å². The molecule has 2 aromatic rings. The Morgan fingerprint density at radius 1 is 1.33 bits per heavy atom. The maximum atomic E-state index is 13.0. The number of aromatic nitrogens is 1. The van der Waals surface area contributed by atoms with E-state index >= 15 is 0 Å². The van der Waals surface area contributed by atoms with E-state index in [0.717, 1.165) is 5.56 Å². The smallest absolute Gasteiger partial charge is 0.234 e. The van der Waals surface area contributed by atoms with Gasteiger partial charge in [0.25, 0.3) is 0 Å². The van der Waals surface area contributed by atoms with E-state index in [1.807, 2.05) is 6.92 Å². The molecule has 0 bridgehead atoms. The highest BCUT2D eigenvalue weighted by atomic mass is 79.9. The number of ether oxygens (including phenoxy) is 1. The van der Waals surface area contributed by atoms with E-state index < -0.39 is 0 Å². The van der Waals surface area contributed by atoms with Crippen LogP contribution in [-0.2, 0) is 0 Å². The first-order valence-electron chi connectivity index (χ1n) is 5.02. The van der Waals surface area contributed by atoms with Gasteiger partial charge in [-0.1, -0.05) is 0 Å². The minimum absolute atomic E-state index is 0.338. The van der Waals surface area contributed by atoms with Crippen LogP contribution in [0.1, 0.15) is 5.56 Å². The van der Waals surface area contributed by atoms with Crippen molar-refractivity contribution in [2.45, 2.75) is 6.92 Å². The molecule has 18 heavy (non-hydrogen) atoms. The number of pyridine rings is 1. The molecule has 6 heteroatoms. The van der Waals surface area contributed by atoms with Crippen molar-refractivity contribution in [2.24, 2.45) is 0 Å². The molecule has 0 aliphatic rings. The molecule has 0 saturated heterocycles. The van der Waals surface area contributed by atoms with Gasteiger partial charge in [0, 0.05) is 0 Å². The summed E-state index contributed by atoms with van der Waals surface area (Å²) in [7, 11) is 0. The summed E-state index contributed by atoms with van der Waals surface area (Å²) in [6, 6.07) is 4.17. The van der Waals surface area contributed by atoms with Crippen LogP contribution in [0.4, 0.5) is 10.1 Å². The number of benzene rings is 1. The predicted molar refractivity (Wildman–Crippen MR) is 75.3 cm³/mol. The number of nitrogens with two attached hydrogens (primary N) is 1. The zero-order chi connectivity index (χ0) is 13.3. The number of nitrogens with zero attached hydrogens (tertiary/aromatic N) is 1. The molecule has 0 radical (unpaired) electrons. The van der Waals surface area contributed by atoms with Crippen LogP contribution in [0.2, 0.25) is 0 Å². The Hall–Kier alpha value is -1.14. The fourth-order valence-corrected chi connectivity index (χ4v) is 2.15. The van der Waals surface area contributed by atoms with Crippen molar-refractivity contribution in [2.75, 3.05) is 5.73 Å². The standard InChI is InChI=1S/C12H9Br2FN2O/c1-6-9(16)5-17-12(11(6)14)18-10-3-2-7(15)4-8(10)13/h2-5H,16H2,1H3. The molecule has 2 rings (SSSR count). The van der Waals surface area contributed by atoms with Crippen LogP contribution in [0.5, 0.6) is 11.6 Å². The van der Waals surface area contributed by atoms with Crippen LogP contribution in [0.15, 0.2) is 33.3 Å². The second kappa shape index (κ2) is 5.24. The zero-order valence-electron chi connectivity index (χ0n) is 9.38. The van der Waals surface area contributed by atoms with Gasteiger partial charge in [0.1, 0.15) is 11.6 Å². The molecule has 0 saturated carbocycles. The fourth-order valence-electron chi connectivity index (χ4n) is 1.30. The molecule has 1 aromatic heterocycles. The molecule has 0 aliphatic carbocycles. The first kappa shape index (κ1) is 13.3. The molecule has 0 atom stereocenters. The van der Waals surface area contributed by atoms with Crippen molar-refractivity contribution in [1.82, 2.24) is 4.98 Å². The first-order valence-corrected chi connectivity index (χ1v) is 6.61. The molecule has 0 amide bonds. The van der Waals surface area contributed by atoms with Crippen LogP contribution < -0.4 is 10.5 Å². The van der Waals surface area contributed by atoms with Gasteiger partial charge >= 0.3 is 0 Å². The molecule has 3 nitrogen and oxygen atoms in total. The van der Waals surface area contributed by atoms with E-state index in [1.54, 1.807) is 0 Å². The molecule has 2 N–H and O–H groups in total. The van der Waals surface area contributed by atoms with Crippen LogP contribution in [0, 0.1) is 12.7 Å². The van der Waals surface area contributed by atoms with E-state index in [2.05, 4.69) is 36.8 Å². The van der Waals surface area contributed by atoms with Crippen LogP contribution in [-0.4, -0.2) is 4.98 Å². The number of anilines is 1. The van der Waals surface area contributed by atoms with Gasteiger partial charge in [0.05, 0.1) is 20.8 Å². The quantitative estimate of drug-likeness (QED) is 0.844. The molecule has 0 aliphatic heterocycles. The third kappa shape index (κ3) is 2.64. The van der Waals surface area contributed by atoms with E-state index in [0.29, 0.717) is 26.3 Å². The lowest BCUT2D eigenvalue weighted by atomic mass is 10.2. The molecule has 0 fully saturated rings. The third-order valence-electron chi connectivity index (χ3n) is 2.37. The molecule has 1 heterocycles. The third-order valence-corrected chi connectivity index (χ3v) is 3.93. The molecule has 0 unspecified atom stereocenters. The Kier molecular flexibility index (Phi) is 3.87. The van der Waals surface area contributed by atoms with Gasteiger partial charge in [-0.15, -0.1) is 0 Å². The summed E-state index contributed by atoms with van der Waals surface area (Å²) < 4.78 is 19.8. The van der Waals surface area contributed by atoms with Gasteiger partial charge in [-0.05, 0) is 62.5 Å². The Labute approximate surface area is 120 Å². The molecule has 0 spiro atoms. The second-order valence-corrected chi connectivity index (χ2v) is 5.28. The lowest BCUT2D eigenvalue weighted by Gasteiger charge is -2.11. The van der Waals surface area contributed by atoms with Crippen LogP contribution in [0.25, 0.3) is 0 Å². The molecule has 94 valence electrons. The highest BCUT2D eigenvalue weighted by Crippen LogP contribution is 2.35. The van der Waals surface area contributed by atoms with Gasteiger partial charge < -0.3 is 10.5 Å². The average molecular weight is 376 g/mol. The normalized spacial score (nSPS) is 10.4. The lowest BCUT2D eigenvalue weighted by molar-refractivity contribution is 0.454. The van der Waals surface area contributed by atoms with Crippen molar-refractivity contribution in [3.63, 3.8) is 0 Å². The number of hydrogen-bond donors (Lipinski definition) is 1. The second-order valence-electron chi connectivity index (χ2n) is 3.63. The van der Waals surface area contributed by atoms with E-state index in [-0.39, 0.29) is 5.82 Å². The van der Waals surface area contributed by atoms with Gasteiger partial charge in [-0.25, -0.2) is 9.37 Å². The van der Waals surface area contributed by atoms with Crippen molar-refractivity contribution >= 4 is 37.5 Å². The highest BCUT2D eigenvalue weighted by molar-refractivity contribution is 9.11. The zero-order valence-corrected chi connectivity index (χ0v) is 12.5. The van der Waals surface area contributed by atoms with Crippen LogP contribution >= 0.6 is 31.9 Å². The van der Waals surface area contributed by atoms with Crippen molar-refractivity contribution in [3.8, 4) is 11.6 Å². The van der Waals surface area contributed by atoms with Crippen LogP contribution in [0.3, 0.4) is 0 Å². The predicted octanol–water partition coefficient (Wildman–Crippen LogP) is 4.43. The Morgan fingerprint density at radius 2 is 2.06 bits per heavy atom. The van der Waals surface area contributed by atoms with Crippen molar-refractivity contribution in [3.05, 3.63) is 44.7 Å². The maximum Gasteiger partial charge on any atom is 0.234 e. The largest absolute Gasteiger partial charge is 0.437 e. The summed E-state index contributed by atoms with van der Waals surface area (Å²) in [6.07, 6.45) is 1.52. The summed E-state index contributed by atoms with van der Waals surface area (Å²) in [5, 5.41) is 0. The molecule has 1 aromatic carbocycles. The molecular weight excluding hydrogens is 367 g/mol. The van der Waals surface area contributed by atoms with Gasteiger partial charge in [0.2, 0.25) is 5.88 Å². The summed E-state index contributed by atoms with van der Waals surface area (Å²) in [5.74, 6) is 0.525. The summed E-state index contributed by atoms with van der Waals surface area (Å²) in [5.41, 5.74) is 7.15. The summed E-state index contributed by atoms with van der Waals surface area (Å²) in [4.78, 5) is 4.09. The van der Waals surface area contributed by atoms with Crippen molar-refractivity contribution < 1.29 is 9.13 Å². The van der Waals surface area contributed by atoms with E-state index in [1.165, 1.54) is 24.4 Å². The van der Waals surface area contributed by atoms with Gasteiger partial charge in [-0.3, -0.25) is 0 Å². The minimum atomic E-state index is -0.338.